The number of hydrogen-bond acceptors (Lipinski definition) is 9. The maximum absolute atomic E-state index is 12.8. The topological polar surface area (TPSA) is 131 Å². The van der Waals surface area contributed by atoms with Crippen LogP contribution in [0.3, 0.4) is 0 Å². The van der Waals surface area contributed by atoms with Gasteiger partial charge in [-0.25, -0.2) is 0 Å². The fourth-order valence-electron chi connectivity index (χ4n) is 3.86. The van der Waals surface area contributed by atoms with Crippen molar-refractivity contribution in [3.8, 4) is 17.1 Å². The van der Waals surface area contributed by atoms with Gasteiger partial charge in [0.05, 0.1) is 0 Å². The molecule has 0 bridgehead atoms. The van der Waals surface area contributed by atoms with E-state index in [2.05, 4.69) is 20.4 Å². The molecule has 2 N–H and O–H groups in total. The molecule has 3 aromatic heterocycles. The van der Waals surface area contributed by atoms with Crippen LogP contribution >= 0.6 is 11.8 Å². The van der Waals surface area contributed by atoms with E-state index in [0.29, 0.717) is 43.3 Å². The molecule has 1 saturated heterocycles. The standard InChI is InChI=1S/C22H24N4O5S/c1-14-11-16(27)19(29)20(30-14)22(5-9-32-10-6-22)12-17(28)24-8-4-18-25-21(26-31-18)15-3-2-7-23-13-15/h2-3,7,11,13,29H,4-6,8-10,12H2,1H3,(H,24,28). The average Bonchev–Trinajstić information content (AvgIpc) is 3.26. The second-order valence-electron chi connectivity index (χ2n) is 7.82. The minimum atomic E-state index is -0.706. The molecular formula is C22H24N4O5S. The minimum Gasteiger partial charge on any atom is -0.502 e. The molecule has 4 heterocycles. The van der Waals surface area contributed by atoms with Crippen LogP contribution in [0.5, 0.6) is 5.75 Å². The van der Waals surface area contributed by atoms with Crippen LogP contribution in [0.15, 0.2) is 44.3 Å². The van der Waals surface area contributed by atoms with E-state index in [1.165, 1.54) is 6.07 Å². The smallest absolute Gasteiger partial charge is 0.228 e. The van der Waals surface area contributed by atoms with Gasteiger partial charge in [-0.2, -0.15) is 16.7 Å². The van der Waals surface area contributed by atoms with Gasteiger partial charge >= 0.3 is 0 Å². The number of rotatable bonds is 7. The predicted molar refractivity (Wildman–Crippen MR) is 118 cm³/mol. The minimum absolute atomic E-state index is 0.123. The number of carbonyl (C=O) groups excluding carboxylic acids is 1. The molecule has 0 aromatic carbocycles. The summed E-state index contributed by atoms with van der Waals surface area (Å²) in [4.78, 5) is 33.3. The van der Waals surface area contributed by atoms with Crippen LogP contribution in [0.4, 0.5) is 0 Å². The van der Waals surface area contributed by atoms with Gasteiger partial charge in [-0.3, -0.25) is 14.6 Å². The predicted octanol–water partition coefficient (Wildman–Crippen LogP) is 2.61. The number of aryl methyl sites for hydroxylation is 1. The van der Waals surface area contributed by atoms with Crippen molar-refractivity contribution in [2.75, 3.05) is 18.1 Å². The van der Waals surface area contributed by atoms with Crippen molar-refractivity contribution in [2.24, 2.45) is 0 Å². The van der Waals surface area contributed by atoms with E-state index in [4.69, 9.17) is 8.94 Å². The molecule has 0 unspecified atom stereocenters. The van der Waals surface area contributed by atoms with Crippen LogP contribution in [0.25, 0.3) is 11.4 Å². The highest BCUT2D eigenvalue weighted by Gasteiger charge is 2.41. The lowest BCUT2D eigenvalue weighted by Gasteiger charge is -2.35. The normalized spacial score (nSPS) is 15.4. The molecule has 4 rings (SSSR count). The fourth-order valence-corrected chi connectivity index (χ4v) is 5.13. The lowest BCUT2D eigenvalue weighted by molar-refractivity contribution is -0.122. The van der Waals surface area contributed by atoms with Crippen molar-refractivity contribution in [3.05, 3.63) is 58.2 Å². The zero-order valence-electron chi connectivity index (χ0n) is 17.7. The van der Waals surface area contributed by atoms with Gasteiger partial charge in [-0.05, 0) is 43.4 Å². The largest absolute Gasteiger partial charge is 0.502 e. The maximum Gasteiger partial charge on any atom is 0.228 e. The summed E-state index contributed by atoms with van der Waals surface area (Å²) >= 11 is 1.78. The average molecular weight is 457 g/mol. The van der Waals surface area contributed by atoms with Gasteiger partial charge in [0.2, 0.25) is 28.8 Å². The molecule has 1 amide bonds. The zero-order valence-corrected chi connectivity index (χ0v) is 18.5. The second-order valence-corrected chi connectivity index (χ2v) is 9.05. The highest BCUT2D eigenvalue weighted by Crippen LogP contribution is 2.43. The molecular weight excluding hydrogens is 432 g/mol. The fraction of sp³-hybridized carbons (Fsp3) is 0.409. The Morgan fingerprint density at radius 3 is 2.91 bits per heavy atom. The number of amides is 1. The van der Waals surface area contributed by atoms with Gasteiger partial charge in [0.15, 0.2) is 5.76 Å². The van der Waals surface area contributed by atoms with Gasteiger partial charge in [0.1, 0.15) is 5.76 Å². The quantitative estimate of drug-likeness (QED) is 0.550. The Hall–Kier alpha value is -3.14. The Labute approximate surface area is 188 Å². The van der Waals surface area contributed by atoms with E-state index < -0.39 is 16.6 Å². The highest BCUT2D eigenvalue weighted by atomic mass is 32.2. The van der Waals surface area contributed by atoms with Crippen LogP contribution in [0.2, 0.25) is 0 Å². The summed E-state index contributed by atoms with van der Waals surface area (Å²) in [5.41, 5.74) is -0.437. The monoisotopic (exact) mass is 456 g/mol. The molecule has 1 fully saturated rings. The first kappa shape index (κ1) is 22.1. The van der Waals surface area contributed by atoms with Gasteiger partial charge in [-0.1, -0.05) is 5.16 Å². The molecule has 1 aliphatic rings. The first-order valence-corrected chi connectivity index (χ1v) is 11.5. The van der Waals surface area contributed by atoms with Gasteiger partial charge in [0, 0.05) is 48.8 Å². The molecule has 9 nitrogen and oxygen atoms in total. The van der Waals surface area contributed by atoms with E-state index in [9.17, 15) is 14.7 Å². The number of pyridine rings is 1. The van der Waals surface area contributed by atoms with Crippen molar-refractivity contribution in [3.63, 3.8) is 0 Å². The van der Waals surface area contributed by atoms with Crippen molar-refractivity contribution >= 4 is 17.7 Å². The number of aromatic hydroxyl groups is 1. The summed E-state index contributed by atoms with van der Waals surface area (Å²) in [5, 5.41) is 17.2. The highest BCUT2D eigenvalue weighted by molar-refractivity contribution is 7.99. The Kier molecular flexibility index (Phi) is 6.59. The van der Waals surface area contributed by atoms with Crippen LogP contribution < -0.4 is 10.7 Å². The SMILES string of the molecule is Cc1cc(=O)c(O)c(C2(CC(=O)NCCc3nc(-c4cccnc4)no3)CCSCC2)o1. The number of hydrogen-bond donors (Lipinski definition) is 2. The van der Waals surface area contributed by atoms with Crippen LogP contribution in [-0.2, 0) is 16.6 Å². The molecule has 0 radical (unpaired) electrons. The lowest BCUT2D eigenvalue weighted by atomic mass is 9.75. The Balaban J connectivity index is 1.41. The van der Waals surface area contributed by atoms with Crippen molar-refractivity contribution < 1.29 is 18.8 Å². The molecule has 32 heavy (non-hydrogen) atoms. The Bertz CT molecular complexity index is 1140. The van der Waals surface area contributed by atoms with Crippen molar-refractivity contribution in [1.29, 1.82) is 0 Å². The first-order valence-electron chi connectivity index (χ1n) is 10.4. The third kappa shape index (κ3) is 4.85. The zero-order chi connectivity index (χ0) is 22.6. The van der Waals surface area contributed by atoms with Gasteiger partial charge in [0.25, 0.3) is 0 Å². The summed E-state index contributed by atoms with van der Waals surface area (Å²) in [6.45, 7) is 1.99. The molecule has 0 spiro atoms. The van der Waals surface area contributed by atoms with Crippen molar-refractivity contribution in [2.45, 2.75) is 38.0 Å². The maximum atomic E-state index is 12.8. The van der Waals surface area contributed by atoms with Crippen LogP contribution in [0, 0.1) is 6.92 Å². The summed E-state index contributed by atoms with van der Waals surface area (Å²) in [6.07, 6.45) is 5.11. The summed E-state index contributed by atoms with van der Waals surface area (Å²) < 4.78 is 11.0. The molecule has 0 saturated carbocycles. The molecule has 0 atom stereocenters. The molecule has 3 aromatic rings. The van der Waals surface area contributed by atoms with E-state index in [1.807, 2.05) is 6.07 Å². The summed E-state index contributed by atoms with van der Waals surface area (Å²) in [5.74, 6) is 2.56. The van der Waals surface area contributed by atoms with E-state index >= 15 is 0 Å². The Morgan fingerprint density at radius 1 is 1.34 bits per heavy atom. The number of aromatic nitrogens is 3. The van der Waals surface area contributed by atoms with Crippen molar-refractivity contribution in [1.82, 2.24) is 20.4 Å². The van der Waals surface area contributed by atoms with Gasteiger partial charge < -0.3 is 19.4 Å². The number of thioether (sulfide) groups is 1. The van der Waals surface area contributed by atoms with Crippen LogP contribution in [-0.4, -0.2) is 44.2 Å². The second kappa shape index (κ2) is 9.56. The lowest BCUT2D eigenvalue weighted by Crippen LogP contribution is -2.39. The molecule has 10 heteroatoms. The van der Waals surface area contributed by atoms with Crippen LogP contribution in [0.1, 0.15) is 36.7 Å². The third-order valence-electron chi connectivity index (χ3n) is 5.53. The van der Waals surface area contributed by atoms with E-state index in [-0.39, 0.29) is 18.1 Å². The third-order valence-corrected chi connectivity index (χ3v) is 6.51. The molecule has 168 valence electrons. The summed E-state index contributed by atoms with van der Waals surface area (Å²) in [7, 11) is 0. The van der Waals surface area contributed by atoms with E-state index in [0.717, 1.165) is 17.1 Å². The molecule has 1 aliphatic heterocycles. The number of nitrogens with zero attached hydrogens (tertiary/aromatic N) is 3. The van der Waals surface area contributed by atoms with E-state index in [1.54, 1.807) is 37.1 Å². The molecule has 0 aliphatic carbocycles. The van der Waals surface area contributed by atoms with Gasteiger partial charge in [-0.15, -0.1) is 0 Å². The summed E-state index contributed by atoms with van der Waals surface area (Å²) in [6, 6.07) is 4.89. The Morgan fingerprint density at radius 2 is 2.16 bits per heavy atom. The first-order chi connectivity index (χ1) is 15.5. The number of carbonyl (C=O) groups is 1. The number of nitrogens with one attached hydrogen (secondary N) is 1.